The van der Waals surface area contributed by atoms with Gasteiger partial charge in [0.25, 0.3) is 0 Å². The molecule has 15 heavy (non-hydrogen) atoms. The molecule has 0 heterocycles. The van der Waals surface area contributed by atoms with Gasteiger partial charge in [-0.2, -0.15) is 0 Å². The van der Waals surface area contributed by atoms with E-state index in [-0.39, 0.29) is 24.3 Å². The van der Waals surface area contributed by atoms with E-state index in [1.807, 2.05) is 22.6 Å². The van der Waals surface area contributed by atoms with Crippen molar-refractivity contribution in [2.75, 3.05) is 6.61 Å². The summed E-state index contributed by atoms with van der Waals surface area (Å²) in [5.74, 6) is -0.502. The van der Waals surface area contributed by atoms with Gasteiger partial charge < -0.3 is 5.11 Å². The first kappa shape index (κ1) is 11.9. The normalized spacial score (nSPS) is 27.8. The maximum atomic E-state index is 13.0. The smallest absolute Gasteiger partial charge is 0.136 e. The van der Waals surface area contributed by atoms with Crippen molar-refractivity contribution in [3.05, 3.63) is 33.1 Å². The van der Waals surface area contributed by atoms with Crippen molar-refractivity contribution in [1.82, 2.24) is 0 Å². The summed E-state index contributed by atoms with van der Waals surface area (Å²) in [6.45, 7) is -0.0500. The predicted molar refractivity (Wildman–Crippen MR) is 66.9 cm³/mol. The van der Waals surface area contributed by atoms with E-state index in [2.05, 4.69) is 0 Å². The number of hydrogen-bond acceptors (Lipinski definition) is 1. The molecule has 0 saturated heterocycles. The van der Waals surface area contributed by atoms with Crippen molar-refractivity contribution in [1.29, 1.82) is 0 Å². The molecular formula is C10H8Cl2FIO. The summed E-state index contributed by atoms with van der Waals surface area (Å²) < 4.78 is 12.7. The van der Waals surface area contributed by atoms with Crippen LogP contribution in [-0.4, -0.2) is 16.0 Å². The van der Waals surface area contributed by atoms with Gasteiger partial charge in [0.2, 0.25) is 0 Å². The van der Waals surface area contributed by atoms with E-state index in [0.717, 1.165) is 5.56 Å². The molecule has 1 aromatic rings. The summed E-state index contributed by atoms with van der Waals surface area (Å²) in [6.07, 6.45) is 0. The number of alkyl halides is 2. The van der Waals surface area contributed by atoms with Gasteiger partial charge in [0.1, 0.15) is 10.2 Å². The first-order valence-electron chi connectivity index (χ1n) is 4.42. The van der Waals surface area contributed by atoms with Gasteiger partial charge >= 0.3 is 0 Å². The van der Waals surface area contributed by atoms with Crippen molar-refractivity contribution in [3.63, 3.8) is 0 Å². The van der Waals surface area contributed by atoms with Gasteiger partial charge in [0.05, 0.1) is 0 Å². The molecule has 1 aliphatic carbocycles. The van der Waals surface area contributed by atoms with Gasteiger partial charge in [0, 0.05) is 22.0 Å². The molecule has 2 rings (SSSR count). The fourth-order valence-corrected chi connectivity index (χ4v) is 3.14. The van der Waals surface area contributed by atoms with Crippen LogP contribution in [-0.2, 0) is 0 Å². The lowest BCUT2D eigenvalue weighted by Gasteiger charge is -2.02. The fraction of sp³-hybridized carbons (Fsp3) is 0.400. The van der Waals surface area contributed by atoms with Gasteiger partial charge in [-0.1, -0.05) is 6.07 Å². The molecule has 5 heteroatoms. The van der Waals surface area contributed by atoms with E-state index in [4.69, 9.17) is 28.3 Å². The molecule has 1 nitrogen and oxygen atoms in total. The number of halogens is 4. The third-order valence-electron chi connectivity index (χ3n) is 2.70. The zero-order valence-corrected chi connectivity index (χ0v) is 11.2. The standard InChI is InChI=1S/C10H8Cl2FIO/c11-10(12)6(4-15)9(10)5-1-2-7(13)8(14)3-5/h1-3,6,9,15H,4H2. The zero-order valence-electron chi connectivity index (χ0n) is 7.55. The van der Waals surface area contributed by atoms with Crippen LogP contribution in [0.25, 0.3) is 0 Å². The van der Waals surface area contributed by atoms with Gasteiger partial charge in [-0.25, -0.2) is 4.39 Å². The van der Waals surface area contributed by atoms with Crippen LogP contribution in [0.15, 0.2) is 18.2 Å². The van der Waals surface area contributed by atoms with E-state index in [1.165, 1.54) is 6.07 Å². The minimum atomic E-state index is -0.907. The number of benzene rings is 1. The third kappa shape index (κ3) is 1.99. The van der Waals surface area contributed by atoms with Crippen LogP contribution in [0.3, 0.4) is 0 Å². The van der Waals surface area contributed by atoms with Crippen LogP contribution in [0, 0.1) is 15.3 Å². The predicted octanol–water partition coefficient (Wildman–Crippen LogP) is 3.31. The third-order valence-corrected chi connectivity index (χ3v) is 4.56. The van der Waals surface area contributed by atoms with Gasteiger partial charge in [-0.3, -0.25) is 0 Å². The molecule has 1 N–H and O–H groups in total. The van der Waals surface area contributed by atoms with Gasteiger partial charge in [-0.05, 0) is 40.3 Å². The highest BCUT2D eigenvalue weighted by Gasteiger charge is 2.63. The second-order valence-electron chi connectivity index (χ2n) is 3.61. The van der Waals surface area contributed by atoms with Crippen molar-refractivity contribution in [3.8, 4) is 0 Å². The van der Waals surface area contributed by atoms with Crippen LogP contribution >= 0.6 is 45.8 Å². The maximum Gasteiger partial charge on any atom is 0.136 e. The first-order chi connectivity index (χ1) is 6.98. The van der Waals surface area contributed by atoms with Crippen molar-refractivity contribution in [2.24, 2.45) is 5.92 Å². The van der Waals surface area contributed by atoms with E-state index < -0.39 is 4.33 Å². The second kappa shape index (κ2) is 4.02. The number of aliphatic hydroxyl groups excluding tert-OH is 1. The summed E-state index contributed by atoms with van der Waals surface area (Å²) in [5, 5.41) is 9.05. The molecule has 1 aromatic carbocycles. The topological polar surface area (TPSA) is 20.2 Å². The largest absolute Gasteiger partial charge is 0.396 e. The van der Waals surface area contributed by atoms with Crippen molar-refractivity contribution in [2.45, 2.75) is 10.3 Å². The molecule has 0 amide bonds. The van der Waals surface area contributed by atoms with E-state index in [9.17, 15) is 4.39 Å². The average molecular weight is 361 g/mol. The summed E-state index contributed by atoms with van der Waals surface area (Å²) in [5.41, 5.74) is 0.879. The lowest BCUT2D eigenvalue weighted by Crippen LogP contribution is -1.93. The zero-order chi connectivity index (χ0) is 11.2. The van der Waals surface area contributed by atoms with Crippen LogP contribution in [0.5, 0.6) is 0 Å². The van der Waals surface area contributed by atoms with Gasteiger partial charge in [-0.15, -0.1) is 23.2 Å². The summed E-state index contributed by atoms with van der Waals surface area (Å²) in [6, 6.07) is 4.78. The molecular weight excluding hydrogens is 353 g/mol. The van der Waals surface area contributed by atoms with Crippen molar-refractivity contribution < 1.29 is 9.50 Å². The molecule has 0 aromatic heterocycles. The average Bonchev–Trinajstić information content (AvgIpc) is 2.73. The highest BCUT2D eigenvalue weighted by molar-refractivity contribution is 14.1. The fourth-order valence-electron chi connectivity index (χ4n) is 1.78. The molecule has 2 atom stereocenters. The van der Waals surface area contributed by atoms with Gasteiger partial charge in [0.15, 0.2) is 0 Å². The summed E-state index contributed by atoms with van der Waals surface area (Å²) >= 11 is 13.9. The monoisotopic (exact) mass is 360 g/mol. The Labute approximate surface area is 111 Å². The highest BCUT2D eigenvalue weighted by Crippen LogP contribution is 2.64. The van der Waals surface area contributed by atoms with Crippen molar-refractivity contribution >= 4 is 45.8 Å². The molecule has 0 radical (unpaired) electrons. The molecule has 0 aliphatic heterocycles. The summed E-state index contributed by atoms with van der Waals surface area (Å²) in [4.78, 5) is 0. The molecule has 2 unspecified atom stereocenters. The van der Waals surface area contributed by atoms with E-state index in [1.54, 1.807) is 12.1 Å². The van der Waals surface area contributed by atoms with Crippen LogP contribution in [0.4, 0.5) is 4.39 Å². The Morgan fingerprint density at radius 3 is 2.60 bits per heavy atom. The molecule has 1 aliphatic rings. The maximum absolute atomic E-state index is 13.0. The first-order valence-corrected chi connectivity index (χ1v) is 6.25. The molecule has 82 valence electrons. The van der Waals surface area contributed by atoms with E-state index in [0.29, 0.717) is 3.57 Å². The van der Waals surface area contributed by atoms with Crippen LogP contribution < -0.4 is 0 Å². The Balaban J connectivity index is 2.29. The lowest BCUT2D eigenvalue weighted by molar-refractivity contribution is 0.273. The lowest BCUT2D eigenvalue weighted by atomic mass is 10.1. The van der Waals surface area contributed by atoms with Crippen LogP contribution in [0.1, 0.15) is 11.5 Å². The van der Waals surface area contributed by atoms with E-state index >= 15 is 0 Å². The Morgan fingerprint density at radius 2 is 2.13 bits per heavy atom. The molecule has 0 spiro atoms. The molecule has 0 bridgehead atoms. The molecule has 1 saturated carbocycles. The second-order valence-corrected chi connectivity index (χ2v) is 6.22. The van der Waals surface area contributed by atoms with Crippen LogP contribution in [0.2, 0.25) is 0 Å². The molecule has 1 fully saturated rings. The Hall–Kier alpha value is 0.420. The minimum absolute atomic E-state index is 0.0500. The Kier molecular flexibility index (Phi) is 3.19. The minimum Gasteiger partial charge on any atom is -0.396 e. The summed E-state index contributed by atoms with van der Waals surface area (Å²) in [7, 11) is 0. The number of rotatable bonds is 2. The number of hydrogen-bond donors (Lipinski definition) is 1. The Bertz CT molecular complexity index is 397. The highest BCUT2D eigenvalue weighted by atomic mass is 127. The Morgan fingerprint density at radius 1 is 1.47 bits per heavy atom. The SMILES string of the molecule is OCC1C(c2ccc(F)c(I)c2)C1(Cl)Cl. The quantitative estimate of drug-likeness (QED) is 0.633. The number of aliphatic hydroxyl groups is 1.